The van der Waals surface area contributed by atoms with E-state index in [-0.39, 0.29) is 24.2 Å². The van der Waals surface area contributed by atoms with Crippen LogP contribution in [0.4, 0.5) is 0 Å². The van der Waals surface area contributed by atoms with Crippen LogP contribution in [0.15, 0.2) is 54.7 Å². The van der Waals surface area contributed by atoms with Gasteiger partial charge in [0, 0.05) is 31.1 Å². The van der Waals surface area contributed by atoms with Gasteiger partial charge in [-0.15, -0.1) is 0 Å². The predicted octanol–water partition coefficient (Wildman–Crippen LogP) is 2.24. The second kappa shape index (κ2) is 12.1. The standard InChI is InChI=1S/C29H36N4O5/c1-18(2)15-22(30)29(36)33-14-12-25-26(33)28(35)32-23(16-19-7-5-4-6-8-19)27(34)31-13-11-20-17-21(38-25)9-10-24(20)37-3/h4-11,13,17-18,22-23,25-26H,12,14-16,30H2,1-3H3,(H,31,34)(H,32,35)/t22-,23-,25-,26+/m0/s1. The summed E-state index contributed by atoms with van der Waals surface area (Å²) in [5, 5.41) is 5.67. The Bertz CT molecular complexity index is 1180. The maximum absolute atomic E-state index is 13.8. The maximum Gasteiger partial charge on any atom is 0.247 e. The van der Waals surface area contributed by atoms with E-state index in [0.29, 0.717) is 36.4 Å². The van der Waals surface area contributed by atoms with Gasteiger partial charge in [0.1, 0.15) is 29.7 Å². The van der Waals surface area contributed by atoms with Gasteiger partial charge in [-0.05, 0) is 42.2 Å². The van der Waals surface area contributed by atoms with Crippen LogP contribution < -0.4 is 25.8 Å². The highest BCUT2D eigenvalue weighted by Crippen LogP contribution is 2.30. The molecule has 4 atom stereocenters. The molecule has 2 aromatic carbocycles. The van der Waals surface area contributed by atoms with Crippen LogP contribution in [0.3, 0.4) is 0 Å². The molecule has 2 heterocycles. The van der Waals surface area contributed by atoms with E-state index in [2.05, 4.69) is 10.6 Å². The monoisotopic (exact) mass is 520 g/mol. The Labute approximate surface area is 223 Å². The molecule has 1 saturated heterocycles. The molecule has 0 aliphatic carbocycles. The van der Waals surface area contributed by atoms with Gasteiger partial charge in [-0.2, -0.15) is 0 Å². The second-order valence-corrected chi connectivity index (χ2v) is 10.2. The number of nitrogens with one attached hydrogen (secondary N) is 2. The predicted molar refractivity (Wildman–Crippen MR) is 144 cm³/mol. The average Bonchev–Trinajstić information content (AvgIpc) is 3.31. The minimum atomic E-state index is -0.939. The summed E-state index contributed by atoms with van der Waals surface area (Å²) in [6.45, 7) is 4.32. The third kappa shape index (κ3) is 6.34. The number of nitrogens with two attached hydrogens (primary N) is 1. The molecule has 0 aromatic heterocycles. The molecule has 9 nitrogen and oxygen atoms in total. The number of hydrogen-bond donors (Lipinski definition) is 3. The van der Waals surface area contributed by atoms with Crippen LogP contribution >= 0.6 is 0 Å². The van der Waals surface area contributed by atoms with Crippen molar-refractivity contribution in [3.8, 4) is 11.5 Å². The molecule has 0 spiro atoms. The van der Waals surface area contributed by atoms with Crippen LogP contribution in [-0.2, 0) is 20.8 Å². The average molecular weight is 521 g/mol. The molecule has 2 aliphatic rings. The number of fused-ring (bicyclic) bond motifs is 3. The van der Waals surface area contributed by atoms with E-state index in [1.54, 1.807) is 31.4 Å². The number of likely N-dealkylation sites (tertiary alicyclic amines) is 1. The Morgan fingerprint density at radius 3 is 2.63 bits per heavy atom. The summed E-state index contributed by atoms with van der Waals surface area (Å²) in [5.41, 5.74) is 7.83. The Morgan fingerprint density at radius 1 is 1.16 bits per heavy atom. The zero-order valence-corrected chi connectivity index (χ0v) is 22.1. The van der Waals surface area contributed by atoms with Crippen molar-refractivity contribution in [1.82, 2.24) is 15.5 Å². The molecule has 202 valence electrons. The Morgan fingerprint density at radius 2 is 1.92 bits per heavy atom. The number of hydrogen-bond acceptors (Lipinski definition) is 6. The number of ether oxygens (including phenoxy) is 2. The topological polar surface area (TPSA) is 123 Å². The van der Waals surface area contributed by atoms with Gasteiger partial charge in [0.15, 0.2) is 0 Å². The molecular weight excluding hydrogens is 484 g/mol. The Kier molecular flexibility index (Phi) is 8.68. The SMILES string of the molecule is COc1ccc2cc1C=CNC(=O)[C@H](Cc1ccccc1)NC(=O)[C@H]1[C@H](CCN1C(=O)[C@@H](N)CC(C)C)O2. The zero-order chi connectivity index (χ0) is 27.2. The van der Waals surface area contributed by atoms with Crippen molar-refractivity contribution >= 4 is 23.8 Å². The largest absolute Gasteiger partial charge is 0.496 e. The fraction of sp³-hybridized carbons (Fsp3) is 0.414. The molecule has 38 heavy (non-hydrogen) atoms. The first-order chi connectivity index (χ1) is 18.3. The van der Waals surface area contributed by atoms with E-state index in [1.807, 2.05) is 44.2 Å². The quantitative estimate of drug-likeness (QED) is 0.537. The molecule has 0 saturated carbocycles. The van der Waals surface area contributed by atoms with Crippen molar-refractivity contribution in [3.63, 3.8) is 0 Å². The fourth-order valence-electron chi connectivity index (χ4n) is 4.99. The molecule has 2 aromatic rings. The Balaban J connectivity index is 1.70. The molecule has 0 radical (unpaired) electrons. The van der Waals surface area contributed by atoms with Crippen molar-refractivity contribution in [2.75, 3.05) is 13.7 Å². The third-order valence-electron chi connectivity index (χ3n) is 6.83. The van der Waals surface area contributed by atoms with Crippen molar-refractivity contribution in [3.05, 3.63) is 65.9 Å². The summed E-state index contributed by atoms with van der Waals surface area (Å²) in [6, 6.07) is 12.2. The lowest BCUT2D eigenvalue weighted by molar-refractivity contribution is -0.142. The molecule has 4 N–H and O–H groups in total. The van der Waals surface area contributed by atoms with Gasteiger partial charge in [0.05, 0.1) is 13.2 Å². The van der Waals surface area contributed by atoms with Crippen LogP contribution in [0, 0.1) is 5.92 Å². The molecule has 2 aliphatic heterocycles. The minimum Gasteiger partial charge on any atom is -0.496 e. The molecule has 9 heteroatoms. The van der Waals surface area contributed by atoms with Crippen LogP contribution in [-0.4, -0.2) is 60.5 Å². The number of methoxy groups -OCH3 is 1. The van der Waals surface area contributed by atoms with Gasteiger partial charge in [0.25, 0.3) is 0 Å². The van der Waals surface area contributed by atoms with E-state index in [4.69, 9.17) is 15.2 Å². The van der Waals surface area contributed by atoms with E-state index in [0.717, 1.165) is 5.56 Å². The van der Waals surface area contributed by atoms with Crippen LogP contribution in [0.1, 0.15) is 37.8 Å². The van der Waals surface area contributed by atoms with Crippen LogP contribution in [0.5, 0.6) is 11.5 Å². The summed E-state index contributed by atoms with van der Waals surface area (Å²) in [5.74, 6) is 0.230. The number of rotatable bonds is 6. The lowest BCUT2D eigenvalue weighted by atomic mass is 10.0. The third-order valence-corrected chi connectivity index (χ3v) is 6.83. The number of carbonyl (C=O) groups is 3. The van der Waals surface area contributed by atoms with Gasteiger partial charge in [-0.3, -0.25) is 14.4 Å². The second-order valence-electron chi connectivity index (χ2n) is 10.2. The number of nitrogens with zero attached hydrogens (tertiary/aromatic N) is 1. The lowest BCUT2D eigenvalue weighted by Gasteiger charge is -2.31. The fourth-order valence-corrected chi connectivity index (χ4v) is 4.99. The summed E-state index contributed by atoms with van der Waals surface area (Å²) in [7, 11) is 1.56. The molecule has 2 bridgehead atoms. The van der Waals surface area contributed by atoms with Gasteiger partial charge >= 0.3 is 0 Å². The summed E-state index contributed by atoms with van der Waals surface area (Å²) >= 11 is 0. The molecular formula is C29H36N4O5. The van der Waals surface area contributed by atoms with Crippen LogP contribution in [0.25, 0.3) is 6.08 Å². The highest BCUT2D eigenvalue weighted by Gasteiger charge is 2.45. The van der Waals surface area contributed by atoms with Gasteiger partial charge < -0.3 is 30.7 Å². The summed E-state index contributed by atoms with van der Waals surface area (Å²) in [6.07, 6.45) is 3.86. The molecule has 0 unspecified atom stereocenters. The normalized spacial score (nSPS) is 22.2. The number of amides is 3. The first-order valence-corrected chi connectivity index (χ1v) is 13.0. The first-order valence-electron chi connectivity index (χ1n) is 13.0. The minimum absolute atomic E-state index is 0.224. The lowest BCUT2D eigenvalue weighted by Crippen LogP contribution is -2.58. The van der Waals surface area contributed by atoms with Gasteiger partial charge in [-0.25, -0.2) is 0 Å². The number of benzene rings is 2. The molecule has 3 amide bonds. The summed E-state index contributed by atoms with van der Waals surface area (Å²) in [4.78, 5) is 41.9. The van der Waals surface area contributed by atoms with Crippen molar-refractivity contribution < 1.29 is 23.9 Å². The van der Waals surface area contributed by atoms with Gasteiger partial charge in [-0.1, -0.05) is 44.2 Å². The number of carbonyl (C=O) groups excluding carboxylic acids is 3. The maximum atomic E-state index is 13.8. The van der Waals surface area contributed by atoms with Crippen LogP contribution in [0.2, 0.25) is 0 Å². The zero-order valence-electron chi connectivity index (χ0n) is 22.1. The highest BCUT2D eigenvalue weighted by molar-refractivity contribution is 5.94. The molecule has 1 fully saturated rings. The molecule has 4 rings (SSSR count). The van der Waals surface area contributed by atoms with Crippen molar-refractivity contribution in [2.24, 2.45) is 11.7 Å². The Hall–Kier alpha value is -3.85. The van der Waals surface area contributed by atoms with E-state index in [9.17, 15) is 14.4 Å². The van der Waals surface area contributed by atoms with Crippen molar-refractivity contribution in [2.45, 2.75) is 57.3 Å². The first kappa shape index (κ1) is 27.2. The van der Waals surface area contributed by atoms with Crippen molar-refractivity contribution in [1.29, 1.82) is 0 Å². The highest BCUT2D eigenvalue weighted by atomic mass is 16.5. The van der Waals surface area contributed by atoms with Gasteiger partial charge in [0.2, 0.25) is 17.7 Å². The van der Waals surface area contributed by atoms with E-state index in [1.165, 1.54) is 11.1 Å². The summed E-state index contributed by atoms with van der Waals surface area (Å²) < 4.78 is 11.8. The van der Waals surface area contributed by atoms with E-state index >= 15 is 0 Å². The van der Waals surface area contributed by atoms with E-state index < -0.39 is 30.1 Å². The smallest absolute Gasteiger partial charge is 0.247 e.